The van der Waals surface area contributed by atoms with Crippen molar-refractivity contribution in [3.63, 3.8) is 0 Å². The molecule has 0 aliphatic carbocycles. The number of alkyl halides is 1. The first kappa shape index (κ1) is 12.3. The van der Waals surface area contributed by atoms with Gasteiger partial charge in [0.05, 0.1) is 11.7 Å². The minimum atomic E-state index is 0.0466. The molecule has 0 amide bonds. The Labute approximate surface area is 84.3 Å². The Bertz CT molecular complexity index is 182. The van der Waals surface area contributed by atoms with Crippen LogP contribution in [0, 0.1) is 5.92 Å². The first-order chi connectivity index (χ1) is 6.07. The fourth-order valence-corrected chi connectivity index (χ4v) is 1.21. The summed E-state index contributed by atoms with van der Waals surface area (Å²) in [6, 6.07) is 0. The number of nitrogens with one attached hydrogen (secondary N) is 1. The molecule has 4 heteroatoms. The number of carbonyl (C=O) groups excluding carboxylic acids is 1. The third kappa shape index (κ3) is 6.46. The van der Waals surface area contributed by atoms with Crippen LogP contribution in [0.15, 0.2) is 12.4 Å². The van der Waals surface area contributed by atoms with Gasteiger partial charge in [-0.1, -0.05) is 13.5 Å². The summed E-state index contributed by atoms with van der Waals surface area (Å²) in [6.45, 7) is 6.15. The smallest absolute Gasteiger partial charge is 0.150 e. The van der Waals surface area contributed by atoms with Gasteiger partial charge in [-0.25, -0.2) is 0 Å². The van der Waals surface area contributed by atoms with E-state index in [0.29, 0.717) is 5.82 Å². The van der Waals surface area contributed by atoms with E-state index in [2.05, 4.69) is 11.9 Å². The van der Waals surface area contributed by atoms with Gasteiger partial charge in [0.2, 0.25) is 0 Å². The normalized spacial score (nSPS) is 12.2. The molecule has 76 valence electrons. The summed E-state index contributed by atoms with van der Waals surface area (Å²) >= 11 is 5.41. The van der Waals surface area contributed by atoms with Crippen LogP contribution in [0.4, 0.5) is 0 Å². The Morgan fingerprint density at radius 2 is 2.31 bits per heavy atom. The second-order valence-electron chi connectivity index (χ2n) is 3.10. The van der Waals surface area contributed by atoms with Crippen LogP contribution in [0.5, 0.6) is 0 Å². The minimum Gasteiger partial charge on any atom is -0.386 e. The molecule has 0 fully saturated rings. The van der Waals surface area contributed by atoms with Gasteiger partial charge in [0.25, 0.3) is 0 Å². The molecule has 0 heterocycles. The second-order valence-corrected chi connectivity index (χ2v) is 3.36. The van der Waals surface area contributed by atoms with Crippen LogP contribution in [-0.2, 0) is 4.79 Å². The summed E-state index contributed by atoms with van der Waals surface area (Å²) < 4.78 is 0. The van der Waals surface area contributed by atoms with E-state index >= 15 is 0 Å². The topological polar surface area (TPSA) is 55.1 Å². The monoisotopic (exact) mass is 204 g/mol. The molecule has 0 aliphatic rings. The Morgan fingerprint density at radius 3 is 2.77 bits per heavy atom. The maximum Gasteiger partial charge on any atom is 0.150 e. The molecule has 3 N–H and O–H groups in total. The van der Waals surface area contributed by atoms with Gasteiger partial charge in [0.15, 0.2) is 0 Å². The van der Waals surface area contributed by atoms with Crippen molar-refractivity contribution in [1.82, 2.24) is 5.32 Å². The highest BCUT2D eigenvalue weighted by atomic mass is 35.5. The van der Waals surface area contributed by atoms with E-state index in [0.717, 1.165) is 19.4 Å². The van der Waals surface area contributed by atoms with Crippen molar-refractivity contribution < 1.29 is 4.79 Å². The predicted molar refractivity (Wildman–Crippen MR) is 55.5 cm³/mol. The summed E-state index contributed by atoms with van der Waals surface area (Å²) in [6.07, 6.45) is 1.74. The Morgan fingerprint density at radius 1 is 1.69 bits per heavy atom. The number of hydrogen-bond acceptors (Lipinski definition) is 3. The van der Waals surface area contributed by atoms with Crippen LogP contribution < -0.4 is 11.1 Å². The molecule has 0 aromatic rings. The SMILES string of the molecule is C=C(N)NCCC[C@H](C)C(=O)CCl. The number of halogens is 1. The number of carbonyl (C=O) groups is 1. The van der Waals surface area contributed by atoms with Gasteiger partial charge in [-0.3, -0.25) is 4.79 Å². The van der Waals surface area contributed by atoms with E-state index in [1.54, 1.807) is 0 Å². The largest absolute Gasteiger partial charge is 0.386 e. The van der Waals surface area contributed by atoms with Crippen molar-refractivity contribution >= 4 is 17.4 Å². The van der Waals surface area contributed by atoms with Gasteiger partial charge in [-0.15, -0.1) is 11.6 Å². The molecule has 13 heavy (non-hydrogen) atoms. The van der Waals surface area contributed by atoms with E-state index in [1.807, 2.05) is 6.92 Å². The molecule has 0 unspecified atom stereocenters. The minimum absolute atomic E-state index is 0.0466. The van der Waals surface area contributed by atoms with E-state index < -0.39 is 0 Å². The highest BCUT2D eigenvalue weighted by Crippen LogP contribution is 2.07. The molecule has 0 aromatic carbocycles. The highest BCUT2D eigenvalue weighted by Gasteiger charge is 2.10. The molecule has 1 atom stereocenters. The summed E-state index contributed by atoms with van der Waals surface area (Å²) in [5.74, 6) is 0.730. The summed E-state index contributed by atoms with van der Waals surface area (Å²) in [5, 5.41) is 2.90. The lowest BCUT2D eigenvalue weighted by Crippen LogP contribution is -2.21. The highest BCUT2D eigenvalue weighted by molar-refractivity contribution is 6.27. The maximum atomic E-state index is 11.0. The molecule has 0 bridgehead atoms. The van der Waals surface area contributed by atoms with Gasteiger partial charge < -0.3 is 11.1 Å². The lowest BCUT2D eigenvalue weighted by Gasteiger charge is -2.09. The van der Waals surface area contributed by atoms with Crippen LogP contribution in [-0.4, -0.2) is 18.2 Å². The second kappa shape index (κ2) is 6.78. The first-order valence-corrected chi connectivity index (χ1v) is 4.88. The van der Waals surface area contributed by atoms with Crippen molar-refractivity contribution in [2.75, 3.05) is 12.4 Å². The molecule has 0 saturated heterocycles. The average Bonchev–Trinajstić information content (AvgIpc) is 2.10. The van der Waals surface area contributed by atoms with Gasteiger partial charge >= 0.3 is 0 Å². The Balaban J connectivity index is 3.42. The quantitative estimate of drug-likeness (QED) is 0.485. The summed E-state index contributed by atoms with van der Waals surface area (Å²) in [5.41, 5.74) is 5.30. The fraction of sp³-hybridized carbons (Fsp3) is 0.667. The van der Waals surface area contributed by atoms with Crippen molar-refractivity contribution in [3.8, 4) is 0 Å². The molecule has 0 aromatic heterocycles. The van der Waals surface area contributed by atoms with Crippen molar-refractivity contribution in [2.45, 2.75) is 19.8 Å². The molecule has 0 rings (SSSR count). The van der Waals surface area contributed by atoms with Crippen molar-refractivity contribution in [1.29, 1.82) is 0 Å². The van der Waals surface area contributed by atoms with Crippen LogP contribution in [0.25, 0.3) is 0 Å². The standard InChI is InChI=1S/C9H17ClN2O/c1-7(9(13)6-10)4-3-5-12-8(2)11/h7,12H,2-6,11H2,1H3/t7-/m0/s1. The molecule has 0 spiro atoms. The molecule has 3 nitrogen and oxygen atoms in total. The van der Waals surface area contributed by atoms with Crippen LogP contribution in [0.1, 0.15) is 19.8 Å². The third-order valence-electron chi connectivity index (χ3n) is 1.85. The zero-order chi connectivity index (χ0) is 10.3. The zero-order valence-corrected chi connectivity index (χ0v) is 8.73. The number of Topliss-reactive ketones (excluding diaryl/α,β-unsaturated/α-hetero) is 1. The van der Waals surface area contributed by atoms with E-state index in [9.17, 15) is 4.79 Å². The molecular weight excluding hydrogens is 188 g/mol. The van der Waals surface area contributed by atoms with Crippen LogP contribution in [0.3, 0.4) is 0 Å². The third-order valence-corrected chi connectivity index (χ3v) is 2.11. The predicted octanol–water partition coefficient (Wildman–Crippen LogP) is 1.23. The van der Waals surface area contributed by atoms with E-state index in [-0.39, 0.29) is 17.6 Å². The summed E-state index contributed by atoms with van der Waals surface area (Å²) in [7, 11) is 0. The van der Waals surface area contributed by atoms with Gasteiger partial charge in [0, 0.05) is 12.5 Å². The first-order valence-electron chi connectivity index (χ1n) is 4.34. The Hall–Kier alpha value is -0.700. The maximum absolute atomic E-state index is 11.0. The fourth-order valence-electron chi connectivity index (χ4n) is 0.950. The summed E-state index contributed by atoms with van der Waals surface area (Å²) in [4.78, 5) is 11.0. The number of hydrogen-bond donors (Lipinski definition) is 2. The number of rotatable bonds is 7. The number of ketones is 1. The van der Waals surface area contributed by atoms with Gasteiger partial charge in [-0.05, 0) is 12.8 Å². The van der Waals surface area contributed by atoms with Gasteiger partial charge in [-0.2, -0.15) is 0 Å². The lowest BCUT2D eigenvalue weighted by molar-refractivity contribution is -0.120. The van der Waals surface area contributed by atoms with Crippen LogP contribution >= 0.6 is 11.6 Å². The van der Waals surface area contributed by atoms with Crippen molar-refractivity contribution in [3.05, 3.63) is 12.4 Å². The van der Waals surface area contributed by atoms with Crippen LogP contribution in [0.2, 0.25) is 0 Å². The molecule has 0 radical (unpaired) electrons. The zero-order valence-electron chi connectivity index (χ0n) is 7.98. The van der Waals surface area contributed by atoms with Crippen molar-refractivity contribution in [2.24, 2.45) is 11.7 Å². The molecular formula is C9H17ClN2O. The Kier molecular flexibility index (Phi) is 6.41. The molecule has 0 saturated carbocycles. The lowest BCUT2D eigenvalue weighted by atomic mass is 10.0. The van der Waals surface area contributed by atoms with E-state index in [4.69, 9.17) is 17.3 Å². The molecule has 0 aliphatic heterocycles. The van der Waals surface area contributed by atoms with Gasteiger partial charge in [0.1, 0.15) is 5.78 Å². The average molecular weight is 205 g/mol. The van der Waals surface area contributed by atoms with E-state index in [1.165, 1.54) is 0 Å². The number of nitrogens with two attached hydrogens (primary N) is 1.